The average Bonchev–Trinajstić information content (AvgIpc) is 3.35. The number of benzene rings is 1. The van der Waals surface area contributed by atoms with Gasteiger partial charge in [0.2, 0.25) is 0 Å². The number of thiophene rings is 1. The van der Waals surface area contributed by atoms with Crippen molar-refractivity contribution in [3.8, 4) is 5.75 Å². The van der Waals surface area contributed by atoms with Crippen LogP contribution in [0.4, 0.5) is 13.2 Å². The smallest absolute Gasteiger partial charge is 0.417 e. The highest BCUT2D eigenvalue weighted by Gasteiger charge is 2.34. The summed E-state index contributed by atoms with van der Waals surface area (Å²) in [5.74, 6) is -0.0494. The van der Waals surface area contributed by atoms with Crippen LogP contribution in [0.1, 0.15) is 29.3 Å². The maximum atomic E-state index is 13.1. The molecule has 152 valence electrons. The topological polar surface area (TPSA) is 59.8 Å². The number of hydrogen-bond donors (Lipinski definition) is 0. The van der Waals surface area contributed by atoms with Crippen LogP contribution in [0.2, 0.25) is 0 Å². The van der Waals surface area contributed by atoms with E-state index in [1.54, 1.807) is 16.2 Å². The molecular formula is C20H16F3NO4S. The number of fused-ring (bicyclic) bond motifs is 1. The van der Waals surface area contributed by atoms with Crippen molar-refractivity contribution in [2.45, 2.75) is 25.1 Å². The molecule has 4 rings (SSSR count). The summed E-state index contributed by atoms with van der Waals surface area (Å²) in [4.78, 5) is 27.0. The fourth-order valence-corrected chi connectivity index (χ4v) is 4.41. The molecule has 3 heterocycles. The summed E-state index contributed by atoms with van der Waals surface area (Å²) in [6.07, 6.45) is -2.90. The molecule has 0 bridgehead atoms. The molecule has 0 aliphatic carbocycles. The molecule has 9 heteroatoms. The Morgan fingerprint density at radius 3 is 2.83 bits per heavy atom. The van der Waals surface area contributed by atoms with Crippen molar-refractivity contribution in [3.63, 3.8) is 0 Å². The molecule has 1 aromatic carbocycles. The Labute approximate surface area is 167 Å². The quantitative estimate of drug-likeness (QED) is 0.575. The van der Waals surface area contributed by atoms with Crippen LogP contribution in [0.15, 0.2) is 51.0 Å². The minimum absolute atomic E-state index is 0.0232. The van der Waals surface area contributed by atoms with Crippen molar-refractivity contribution in [3.05, 3.63) is 62.6 Å². The first-order valence-corrected chi connectivity index (χ1v) is 9.81. The van der Waals surface area contributed by atoms with Crippen LogP contribution >= 0.6 is 11.3 Å². The molecule has 5 nitrogen and oxygen atoms in total. The first kappa shape index (κ1) is 19.5. The van der Waals surface area contributed by atoms with Gasteiger partial charge in [-0.1, -0.05) is 6.07 Å². The maximum absolute atomic E-state index is 13.1. The lowest BCUT2D eigenvalue weighted by Gasteiger charge is -2.24. The number of halogens is 3. The van der Waals surface area contributed by atoms with E-state index < -0.39 is 17.4 Å². The Hall–Kier alpha value is -2.81. The van der Waals surface area contributed by atoms with E-state index in [-0.39, 0.29) is 35.3 Å². The van der Waals surface area contributed by atoms with Gasteiger partial charge in [0.15, 0.2) is 6.61 Å². The summed E-state index contributed by atoms with van der Waals surface area (Å²) in [6.45, 7) is 0.378. The number of amides is 1. The Balaban J connectivity index is 1.51. The third-order valence-corrected chi connectivity index (χ3v) is 5.80. The molecule has 1 atom stereocenters. The molecule has 1 aliphatic rings. The fourth-order valence-electron chi connectivity index (χ4n) is 3.54. The van der Waals surface area contributed by atoms with E-state index in [4.69, 9.17) is 9.15 Å². The molecule has 0 saturated carbocycles. The Kier molecular flexibility index (Phi) is 5.08. The highest BCUT2D eigenvalue weighted by molar-refractivity contribution is 7.10. The van der Waals surface area contributed by atoms with E-state index in [0.29, 0.717) is 12.6 Å². The molecule has 2 aromatic heterocycles. The number of ether oxygens (including phenoxy) is 1. The van der Waals surface area contributed by atoms with Crippen LogP contribution in [-0.4, -0.2) is 24.0 Å². The molecule has 1 aliphatic heterocycles. The minimum Gasteiger partial charge on any atom is -0.484 e. The molecular weight excluding hydrogens is 407 g/mol. The van der Waals surface area contributed by atoms with Gasteiger partial charge in [-0.3, -0.25) is 4.79 Å². The highest BCUT2D eigenvalue weighted by Crippen LogP contribution is 2.36. The Bertz CT molecular complexity index is 1090. The van der Waals surface area contributed by atoms with Gasteiger partial charge in [0.05, 0.1) is 11.6 Å². The number of rotatable bonds is 4. The van der Waals surface area contributed by atoms with E-state index in [0.717, 1.165) is 17.7 Å². The van der Waals surface area contributed by atoms with E-state index in [9.17, 15) is 22.8 Å². The summed E-state index contributed by atoms with van der Waals surface area (Å²) in [5.41, 5.74) is -2.41. The summed E-state index contributed by atoms with van der Waals surface area (Å²) in [5, 5.41) is 1.72. The van der Waals surface area contributed by atoms with Gasteiger partial charge in [-0.25, -0.2) is 4.79 Å². The van der Waals surface area contributed by atoms with Gasteiger partial charge in [-0.15, -0.1) is 11.3 Å². The molecule has 0 spiro atoms. The number of carbonyl (C=O) groups is 1. The summed E-state index contributed by atoms with van der Waals surface area (Å²) in [6, 6.07) is 8.07. The number of carbonyl (C=O) groups excluding carboxylic acids is 1. The van der Waals surface area contributed by atoms with Gasteiger partial charge in [0.25, 0.3) is 5.91 Å². The molecule has 1 unspecified atom stereocenters. The predicted molar refractivity (Wildman–Crippen MR) is 101 cm³/mol. The average molecular weight is 423 g/mol. The van der Waals surface area contributed by atoms with Crippen molar-refractivity contribution in [1.29, 1.82) is 0 Å². The first-order chi connectivity index (χ1) is 13.8. The van der Waals surface area contributed by atoms with Crippen molar-refractivity contribution in [2.24, 2.45) is 0 Å². The van der Waals surface area contributed by atoms with Gasteiger partial charge in [0, 0.05) is 28.9 Å². The second-order valence-electron chi connectivity index (χ2n) is 6.68. The lowest BCUT2D eigenvalue weighted by molar-refractivity contribution is -0.136. The predicted octanol–water partition coefficient (Wildman–Crippen LogP) is 4.62. The summed E-state index contributed by atoms with van der Waals surface area (Å²) < 4.78 is 49.7. The third-order valence-electron chi connectivity index (χ3n) is 4.83. The lowest BCUT2D eigenvalue weighted by atomic mass is 10.1. The van der Waals surface area contributed by atoms with Gasteiger partial charge in [-0.2, -0.15) is 13.2 Å². The normalized spacial score (nSPS) is 17.1. The fraction of sp³-hybridized carbons (Fsp3) is 0.300. The van der Waals surface area contributed by atoms with E-state index in [2.05, 4.69) is 0 Å². The van der Waals surface area contributed by atoms with E-state index in [1.165, 1.54) is 18.2 Å². The third kappa shape index (κ3) is 4.00. The second-order valence-corrected chi connectivity index (χ2v) is 7.66. The van der Waals surface area contributed by atoms with Crippen LogP contribution in [0.5, 0.6) is 5.75 Å². The molecule has 3 aromatic rings. The second kappa shape index (κ2) is 7.55. The van der Waals surface area contributed by atoms with Gasteiger partial charge in [-0.05, 0) is 36.4 Å². The lowest BCUT2D eigenvalue weighted by Crippen LogP contribution is -2.34. The zero-order valence-electron chi connectivity index (χ0n) is 15.1. The number of likely N-dealkylation sites (tertiary alicyclic amines) is 1. The van der Waals surface area contributed by atoms with Crippen molar-refractivity contribution in [2.75, 3.05) is 13.2 Å². The van der Waals surface area contributed by atoms with E-state index in [1.807, 2.05) is 17.5 Å². The zero-order chi connectivity index (χ0) is 20.6. The van der Waals surface area contributed by atoms with Crippen molar-refractivity contribution >= 4 is 28.2 Å². The van der Waals surface area contributed by atoms with Gasteiger partial charge >= 0.3 is 11.8 Å². The Morgan fingerprint density at radius 2 is 2.10 bits per heavy atom. The molecule has 1 saturated heterocycles. The zero-order valence-corrected chi connectivity index (χ0v) is 15.9. The number of hydrogen-bond acceptors (Lipinski definition) is 5. The largest absolute Gasteiger partial charge is 0.484 e. The summed E-state index contributed by atoms with van der Waals surface area (Å²) in [7, 11) is 0. The molecule has 1 amide bonds. The standard InChI is InChI=1S/C20H16F3NO4S/c21-20(22,23)14-10-19(26)28-16-9-12(5-6-13(14)16)27-11-18(25)24-7-1-3-15(24)17-4-2-8-29-17/h2,4-6,8-10,15H,1,3,7,11H2. The highest BCUT2D eigenvalue weighted by atomic mass is 32.1. The van der Waals surface area contributed by atoms with Crippen molar-refractivity contribution in [1.82, 2.24) is 4.90 Å². The van der Waals surface area contributed by atoms with Gasteiger partial charge in [0.1, 0.15) is 11.3 Å². The van der Waals surface area contributed by atoms with Crippen molar-refractivity contribution < 1.29 is 27.1 Å². The monoisotopic (exact) mass is 423 g/mol. The SMILES string of the molecule is O=C(COc1ccc2c(C(F)(F)F)cc(=O)oc2c1)N1CCCC1c1cccs1. The van der Waals surface area contributed by atoms with E-state index >= 15 is 0 Å². The van der Waals surface area contributed by atoms with Crippen LogP contribution in [0.3, 0.4) is 0 Å². The first-order valence-electron chi connectivity index (χ1n) is 8.94. The van der Waals surface area contributed by atoms with Crippen LogP contribution in [0.25, 0.3) is 11.0 Å². The number of nitrogens with zero attached hydrogens (tertiary/aromatic N) is 1. The molecule has 1 fully saturated rings. The number of alkyl halides is 3. The molecule has 0 N–H and O–H groups in total. The maximum Gasteiger partial charge on any atom is 0.417 e. The minimum atomic E-state index is -4.68. The Morgan fingerprint density at radius 1 is 1.28 bits per heavy atom. The van der Waals surface area contributed by atoms with Gasteiger partial charge < -0.3 is 14.1 Å². The summed E-state index contributed by atoms with van der Waals surface area (Å²) >= 11 is 1.59. The molecule has 29 heavy (non-hydrogen) atoms. The van der Waals surface area contributed by atoms with Crippen LogP contribution < -0.4 is 10.4 Å². The van der Waals surface area contributed by atoms with Crippen LogP contribution in [-0.2, 0) is 11.0 Å². The van der Waals surface area contributed by atoms with Crippen LogP contribution in [0, 0.1) is 0 Å². The molecule has 0 radical (unpaired) electrons.